The van der Waals surface area contributed by atoms with Crippen molar-refractivity contribution in [3.63, 3.8) is 0 Å². The lowest BCUT2D eigenvalue weighted by Gasteiger charge is -2.49. The van der Waals surface area contributed by atoms with E-state index in [-0.39, 0.29) is 34.7 Å². The van der Waals surface area contributed by atoms with E-state index in [4.69, 9.17) is 10.8 Å². The Hall–Kier alpha value is -4.12. The van der Waals surface area contributed by atoms with Gasteiger partial charge in [-0.2, -0.15) is 0 Å². The van der Waals surface area contributed by atoms with Crippen LogP contribution in [-0.4, -0.2) is 84.9 Å². The maximum absolute atomic E-state index is 12.9. The van der Waals surface area contributed by atoms with Crippen molar-refractivity contribution in [2.45, 2.75) is 18.0 Å². The van der Waals surface area contributed by atoms with Gasteiger partial charge in [-0.05, 0) is 11.6 Å². The number of carbonyl (C=O) groups excluding carboxylic acids is 2. The van der Waals surface area contributed by atoms with Crippen molar-refractivity contribution in [1.29, 1.82) is 0 Å². The molecule has 4 rings (SSSR count). The molecule has 4 heterocycles. The molecule has 3 aliphatic heterocycles. The van der Waals surface area contributed by atoms with Gasteiger partial charge in [0.2, 0.25) is 5.84 Å². The van der Waals surface area contributed by atoms with Gasteiger partial charge in [-0.1, -0.05) is 11.2 Å². The van der Waals surface area contributed by atoms with Crippen molar-refractivity contribution in [3.8, 4) is 0 Å². The summed E-state index contributed by atoms with van der Waals surface area (Å²) in [7, 11) is 0. The Morgan fingerprint density at radius 2 is 2.05 bits per heavy atom. The zero-order chi connectivity index (χ0) is 27.4. The zero-order valence-electron chi connectivity index (χ0n) is 19.4. The minimum Gasteiger partial charge on any atom is -0.478 e. The Morgan fingerprint density at radius 1 is 1.32 bits per heavy atom. The number of thioether (sulfide) groups is 1. The fraction of sp³-hybridized carbons (Fsp3) is 0.286. The summed E-state index contributed by atoms with van der Waals surface area (Å²) in [5, 5.41) is 24.3. The molecule has 17 heteroatoms. The van der Waals surface area contributed by atoms with Crippen LogP contribution in [0.15, 0.2) is 58.1 Å². The Bertz CT molecular complexity index is 1280. The van der Waals surface area contributed by atoms with Crippen LogP contribution in [0.1, 0.15) is 10.4 Å². The summed E-state index contributed by atoms with van der Waals surface area (Å²) >= 11 is 2.15. The summed E-state index contributed by atoms with van der Waals surface area (Å²) in [6, 6.07) is 1.84. The number of aliphatic carboxylic acids is 1. The monoisotopic (exact) mass is 566 g/mol. The molecule has 0 aromatic carbocycles. The number of rotatable bonds is 8. The van der Waals surface area contributed by atoms with Crippen molar-refractivity contribution < 1.29 is 43.2 Å². The molecule has 0 spiro atoms. The molecule has 1 fully saturated rings. The molecule has 0 aliphatic carbocycles. The van der Waals surface area contributed by atoms with Crippen LogP contribution >= 0.6 is 23.7 Å². The van der Waals surface area contributed by atoms with E-state index in [9.17, 15) is 28.7 Å². The number of amides is 2. The number of oxime groups is 1. The molecule has 0 bridgehead atoms. The van der Waals surface area contributed by atoms with Crippen LogP contribution in [0.25, 0.3) is 0 Å². The molecule has 2 amide bonds. The summed E-state index contributed by atoms with van der Waals surface area (Å²) in [6.45, 7) is -0.983. The van der Waals surface area contributed by atoms with Crippen LogP contribution in [0.3, 0.4) is 0 Å². The topological polar surface area (TPSA) is 191 Å². The Labute approximate surface area is 222 Å². The van der Waals surface area contributed by atoms with Gasteiger partial charge in [-0.3, -0.25) is 18.8 Å². The number of hydrogen-bond donors (Lipinski definition) is 4. The van der Waals surface area contributed by atoms with Crippen molar-refractivity contribution in [2.24, 2.45) is 15.9 Å². The third-order valence-corrected chi connectivity index (χ3v) is 7.59. The summed E-state index contributed by atoms with van der Waals surface area (Å²) in [5.74, 6) is -3.92. The van der Waals surface area contributed by atoms with E-state index in [2.05, 4.69) is 20.3 Å². The number of allylic oxidation sites excluding steroid dienone is 2. The van der Waals surface area contributed by atoms with Gasteiger partial charge in [0.05, 0.1) is 5.56 Å². The number of aliphatic imine (C=N–C) groups is 1. The van der Waals surface area contributed by atoms with Gasteiger partial charge in [0, 0.05) is 29.8 Å². The highest BCUT2D eigenvalue weighted by molar-refractivity contribution is 8.12. The lowest BCUT2D eigenvalue weighted by Crippen LogP contribution is -2.71. The summed E-state index contributed by atoms with van der Waals surface area (Å²) in [4.78, 5) is 58.2. The Morgan fingerprint density at radius 3 is 2.66 bits per heavy atom. The Kier molecular flexibility index (Phi) is 8.16. The van der Waals surface area contributed by atoms with Gasteiger partial charge >= 0.3 is 11.9 Å². The molecule has 14 nitrogen and oxygen atoms in total. The highest BCUT2D eigenvalue weighted by Gasteiger charge is 2.54. The largest absolute Gasteiger partial charge is 0.478 e. The molecule has 1 aromatic heterocycles. The molecule has 5 N–H and O–H groups in total. The van der Waals surface area contributed by atoms with Gasteiger partial charge in [0.15, 0.2) is 24.1 Å². The first-order valence-electron chi connectivity index (χ1n) is 10.8. The van der Waals surface area contributed by atoms with Crippen molar-refractivity contribution >= 4 is 58.5 Å². The van der Waals surface area contributed by atoms with Crippen molar-refractivity contribution in [3.05, 3.63) is 53.5 Å². The maximum atomic E-state index is 12.9. The summed E-state index contributed by atoms with van der Waals surface area (Å²) < 4.78 is 15.5. The second kappa shape index (κ2) is 11.5. The number of carboxylic acid groups (broad SMARTS) is 2. The number of amidine groups is 2. The third kappa shape index (κ3) is 5.57. The van der Waals surface area contributed by atoms with E-state index in [0.717, 1.165) is 16.8 Å². The molecule has 200 valence electrons. The number of pyridine rings is 1. The normalized spacial score (nSPS) is 21.2. The molecular weight excluding hydrogens is 545 g/mol. The fourth-order valence-electron chi connectivity index (χ4n) is 3.72. The number of β-lactam (4-membered cyclic amide) rings is 1. The van der Waals surface area contributed by atoms with E-state index in [1.807, 2.05) is 0 Å². The number of aromatic nitrogens is 1. The number of halogens is 1. The molecule has 1 saturated heterocycles. The van der Waals surface area contributed by atoms with E-state index in [1.165, 1.54) is 28.2 Å². The van der Waals surface area contributed by atoms with E-state index >= 15 is 0 Å². The number of carboxylic acids is 2. The predicted molar refractivity (Wildman–Crippen MR) is 133 cm³/mol. The van der Waals surface area contributed by atoms with Gasteiger partial charge in [0.25, 0.3) is 18.7 Å². The maximum Gasteiger partial charge on any atom is 0.352 e. The zero-order valence-corrected chi connectivity index (χ0v) is 21.0. The van der Waals surface area contributed by atoms with Crippen LogP contribution in [0.2, 0.25) is 0 Å². The molecule has 38 heavy (non-hydrogen) atoms. The second-order valence-corrected chi connectivity index (χ2v) is 9.94. The highest BCUT2D eigenvalue weighted by Crippen LogP contribution is 2.40. The first kappa shape index (κ1) is 26.9. The second-order valence-electron chi connectivity index (χ2n) is 7.79. The molecule has 2 atom stereocenters. The first-order chi connectivity index (χ1) is 18.2. The van der Waals surface area contributed by atoms with E-state index in [1.54, 1.807) is 29.1 Å². The number of nitrogens with zero attached hydrogens (tertiary/aromatic N) is 5. The van der Waals surface area contributed by atoms with Crippen LogP contribution in [-0.2, 0) is 25.8 Å². The van der Waals surface area contributed by atoms with Gasteiger partial charge in [-0.25, -0.2) is 23.5 Å². The lowest BCUT2D eigenvalue weighted by molar-refractivity contribution is -0.687. The van der Waals surface area contributed by atoms with Crippen LogP contribution < -0.4 is 15.6 Å². The molecule has 3 aliphatic rings. The number of hydrogen-bond acceptors (Lipinski definition) is 10. The fourth-order valence-corrected chi connectivity index (χ4v) is 5.69. The molecule has 0 unspecified atom stereocenters. The average molecular weight is 567 g/mol. The quantitative estimate of drug-likeness (QED) is 0.0789. The van der Waals surface area contributed by atoms with E-state index in [0.29, 0.717) is 12.1 Å². The standard InChI is InChI=1S/C21H20FN7O7S2/c22-9-36-26-15(28-10-24-21(23)38-28)16(30)25-13-17(31)29-14(20(34)35)12(8-37-18(13)29)2-1-5-27-6-3-11(4-7-27)19(32)33/h1-4,6-7,13,18H,5,8-10H2,(H4-,23,24,25,30,32,33,34,35)/p+1/b2-1+,26-15-/t13-,18-/m1/s1. The van der Waals surface area contributed by atoms with Crippen molar-refractivity contribution in [2.75, 3.05) is 19.3 Å². The smallest absolute Gasteiger partial charge is 0.352 e. The number of nitrogens with two attached hydrogens (primary N) is 1. The van der Waals surface area contributed by atoms with Gasteiger partial charge in [0.1, 0.15) is 23.8 Å². The van der Waals surface area contributed by atoms with Crippen LogP contribution in [0, 0.1) is 0 Å². The Balaban J connectivity index is 1.45. The predicted octanol–water partition coefficient (Wildman–Crippen LogP) is -0.540. The molecule has 0 saturated carbocycles. The number of alkyl halides is 1. The average Bonchev–Trinajstić information content (AvgIpc) is 3.32. The number of carbonyl (C=O) groups is 4. The summed E-state index contributed by atoms with van der Waals surface area (Å²) in [5.41, 5.74) is 5.94. The first-order valence-corrected chi connectivity index (χ1v) is 12.7. The number of aromatic carboxylic acids is 1. The van der Waals surface area contributed by atoms with Crippen LogP contribution in [0.4, 0.5) is 4.39 Å². The SMILES string of the molecule is NC1=NCN(/C(=N\OCF)C(=O)N[C@@H]2C(=O)N3C(C(=O)O)=C(/C=C/C[n+]4ccc(C(=O)O)cc4)CS[C@H]23)S1. The van der Waals surface area contributed by atoms with Crippen molar-refractivity contribution in [1.82, 2.24) is 14.5 Å². The molecular formula is C21H21FN7O7S2+. The number of fused-ring (bicyclic) bond motifs is 1. The third-order valence-electron chi connectivity index (χ3n) is 5.46. The van der Waals surface area contributed by atoms with Gasteiger partial charge < -0.3 is 26.1 Å². The van der Waals surface area contributed by atoms with Crippen LogP contribution in [0.5, 0.6) is 0 Å². The highest BCUT2D eigenvalue weighted by atomic mass is 32.2. The van der Waals surface area contributed by atoms with E-state index < -0.39 is 42.0 Å². The molecule has 1 aromatic rings. The molecule has 0 radical (unpaired) electrons. The summed E-state index contributed by atoms with van der Waals surface area (Å²) in [6.07, 6.45) is 6.45. The minimum atomic E-state index is -1.30. The van der Waals surface area contributed by atoms with Gasteiger partial charge in [-0.15, -0.1) is 11.8 Å². The lowest BCUT2D eigenvalue weighted by atomic mass is 10.0. The number of nitrogens with one attached hydrogen (secondary N) is 1. The minimum absolute atomic E-state index is 0.0368.